The molecule has 0 heterocycles. The van der Waals surface area contributed by atoms with Crippen LogP contribution in [0.4, 0.5) is 0 Å². The summed E-state index contributed by atoms with van der Waals surface area (Å²) in [6.07, 6.45) is 10.5. The van der Waals surface area contributed by atoms with Gasteiger partial charge in [0.2, 0.25) is 0 Å². The van der Waals surface area contributed by atoms with E-state index in [0.717, 1.165) is 8.58 Å². The minimum atomic E-state index is 1.07. The Kier molecular flexibility index (Phi) is 10.3. The van der Waals surface area contributed by atoms with E-state index in [-0.39, 0.29) is 0 Å². The van der Waals surface area contributed by atoms with Crippen molar-refractivity contribution in [3.05, 3.63) is 11.9 Å². The van der Waals surface area contributed by atoms with Crippen molar-refractivity contribution in [3.8, 4) is 0 Å². The minimum Gasteiger partial charge on any atom is -0.0987 e. The van der Waals surface area contributed by atoms with Crippen LogP contribution in [0.2, 0.25) is 0 Å². The minimum absolute atomic E-state index is 1.07. The summed E-state index contributed by atoms with van der Waals surface area (Å²) in [5, 5.41) is 0. The van der Waals surface area contributed by atoms with Gasteiger partial charge >= 0.3 is 0 Å². The molecule has 0 aliphatic carbocycles. The Labute approximate surface area is 73.2 Å². The maximum atomic E-state index is 2.36. The van der Waals surface area contributed by atoms with Crippen LogP contribution in [0.5, 0.6) is 0 Å². The van der Waals surface area contributed by atoms with E-state index in [1.54, 1.807) is 0 Å². The third kappa shape index (κ3) is 10.2. The zero-order valence-corrected chi connectivity index (χ0v) is 8.90. The van der Waals surface area contributed by atoms with Crippen molar-refractivity contribution < 1.29 is 0 Å². The average Bonchev–Trinajstić information content (AvgIpc) is 2.03. The van der Waals surface area contributed by atoms with E-state index < -0.39 is 0 Å². The van der Waals surface area contributed by atoms with Gasteiger partial charge in [0.1, 0.15) is 0 Å². The van der Waals surface area contributed by atoms with Gasteiger partial charge in [0.15, 0.2) is 0 Å². The average molecular weight is 172 g/mol. The molecule has 1 heteroatoms. The molecule has 66 valence electrons. The lowest BCUT2D eigenvalue weighted by molar-refractivity contribution is 0.778. The van der Waals surface area contributed by atoms with Crippen molar-refractivity contribution in [1.82, 2.24) is 0 Å². The van der Waals surface area contributed by atoms with E-state index in [1.807, 2.05) is 0 Å². The van der Waals surface area contributed by atoms with Crippen molar-refractivity contribution in [2.75, 3.05) is 6.16 Å². The first kappa shape index (κ1) is 11.2. The molecule has 1 unspecified atom stereocenters. The molecule has 0 radical (unpaired) electrons. The van der Waals surface area contributed by atoms with Gasteiger partial charge in [0.25, 0.3) is 0 Å². The molecule has 0 fully saturated rings. The second-order valence-electron chi connectivity index (χ2n) is 2.85. The highest BCUT2D eigenvalue weighted by atomic mass is 31.1. The van der Waals surface area contributed by atoms with Gasteiger partial charge < -0.3 is 0 Å². The van der Waals surface area contributed by atoms with Gasteiger partial charge in [-0.2, -0.15) is 0 Å². The molecule has 11 heavy (non-hydrogen) atoms. The lowest BCUT2D eigenvalue weighted by atomic mass is 10.3. The molecule has 0 nitrogen and oxygen atoms in total. The van der Waals surface area contributed by atoms with Crippen LogP contribution in [0.25, 0.3) is 0 Å². The highest BCUT2D eigenvalue weighted by molar-refractivity contribution is 7.41. The Morgan fingerprint density at radius 2 is 1.91 bits per heavy atom. The number of hydrogen-bond donors (Lipinski definition) is 0. The van der Waals surface area contributed by atoms with Gasteiger partial charge in [-0.15, -0.1) is 0 Å². The molecule has 0 saturated heterocycles. The molecule has 0 aliphatic rings. The van der Waals surface area contributed by atoms with Crippen molar-refractivity contribution in [1.29, 1.82) is 0 Å². The van der Waals surface area contributed by atoms with Gasteiger partial charge in [-0.3, -0.25) is 0 Å². The lowest BCUT2D eigenvalue weighted by Gasteiger charge is -1.93. The Bertz CT molecular complexity index is 86.9. The van der Waals surface area contributed by atoms with Crippen LogP contribution in [0.3, 0.4) is 0 Å². The van der Waals surface area contributed by atoms with Crippen molar-refractivity contribution >= 4 is 8.58 Å². The first-order valence-electron chi connectivity index (χ1n) is 4.80. The number of rotatable bonds is 7. The Morgan fingerprint density at radius 3 is 2.55 bits per heavy atom. The van der Waals surface area contributed by atoms with E-state index in [2.05, 4.69) is 25.7 Å². The highest BCUT2D eigenvalue weighted by Gasteiger charge is 1.83. The van der Waals surface area contributed by atoms with Crippen LogP contribution in [-0.2, 0) is 0 Å². The second kappa shape index (κ2) is 10.2. The summed E-state index contributed by atoms with van der Waals surface area (Å²) in [5.74, 6) is 2.36. The summed E-state index contributed by atoms with van der Waals surface area (Å²) >= 11 is 0. The third-order valence-electron chi connectivity index (χ3n) is 1.62. The van der Waals surface area contributed by atoms with Crippen LogP contribution in [0, 0.1) is 0 Å². The molecular weight excluding hydrogens is 151 g/mol. The first-order valence-corrected chi connectivity index (χ1v) is 6.08. The topological polar surface area (TPSA) is 0 Å². The van der Waals surface area contributed by atoms with Crippen LogP contribution in [-0.4, -0.2) is 6.16 Å². The number of allylic oxidation sites excluding steroid dienone is 1. The summed E-state index contributed by atoms with van der Waals surface area (Å²) in [5.41, 5.74) is 0. The normalized spacial score (nSPS) is 12.2. The summed E-state index contributed by atoms with van der Waals surface area (Å²) in [6, 6.07) is 0. The van der Waals surface area contributed by atoms with Crippen LogP contribution < -0.4 is 0 Å². The zero-order chi connectivity index (χ0) is 8.36. The molecule has 0 aromatic rings. The highest BCUT2D eigenvalue weighted by Crippen LogP contribution is 2.15. The Balaban J connectivity index is 2.89. The van der Waals surface area contributed by atoms with E-state index in [4.69, 9.17) is 0 Å². The molecule has 0 bridgehead atoms. The van der Waals surface area contributed by atoms with Crippen LogP contribution in [0.1, 0.15) is 46.0 Å². The quantitative estimate of drug-likeness (QED) is 0.399. The molecule has 0 aromatic carbocycles. The Hall–Kier alpha value is 0.170. The Morgan fingerprint density at radius 1 is 1.09 bits per heavy atom. The summed E-state index contributed by atoms with van der Waals surface area (Å²) in [7, 11) is 1.07. The number of unbranched alkanes of at least 4 members (excludes halogenated alkanes) is 3. The number of hydrogen-bond acceptors (Lipinski definition) is 0. The van der Waals surface area contributed by atoms with Gasteiger partial charge in [-0.05, 0) is 19.0 Å². The molecule has 0 amide bonds. The van der Waals surface area contributed by atoms with E-state index in [9.17, 15) is 0 Å². The summed E-state index contributed by atoms with van der Waals surface area (Å²) in [4.78, 5) is 0. The fourth-order valence-corrected chi connectivity index (χ4v) is 1.85. The molecule has 0 N–H and O–H groups in total. The first-order chi connectivity index (χ1) is 5.41. The predicted octanol–water partition coefficient (Wildman–Crippen LogP) is 4.17. The fraction of sp³-hybridized carbons (Fsp3) is 0.800. The van der Waals surface area contributed by atoms with E-state index in [1.165, 1.54) is 38.3 Å². The molecule has 0 saturated carbocycles. The monoisotopic (exact) mass is 172 g/mol. The van der Waals surface area contributed by atoms with Gasteiger partial charge in [-0.1, -0.05) is 53.6 Å². The summed E-state index contributed by atoms with van der Waals surface area (Å²) < 4.78 is 0. The van der Waals surface area contributed by atoms with Gasteiger partial charge in [0, 0.05) is 0 Å². The van der Waals surface area contributed by atoms with Crippen molar-refractivity contribution in [3.63, 3.8) is 0 Å². The molecular formula is C10H21P. The predicted molar refractivity (Wildman–Crippen MR) is 56.8 cm³/mol. The molecule has 0 aliphatic heterocycles. The summed E-state index contributed by atoms with van der Waals surface area (Å²) in [6.45, 7) is 4.49. The smallest absolute Gasteiger partial charge is 0.0319 e. The SMILES string of the molecule is CCC/C=C/PCCCCC. The second-order valence-corrected chi connectivity index (χ2v) is 4.09. The molecule has 0 rings (SSSR count). The maximum Gasteiger partial charge on any atom is -0.0319 e. The third-order valence-corrected chi connectivity index (χ3v) is 2.73. The van der Waals surface area contributed by atoms with E-state index >= 15 is 0 Å². The largest absolute Gasteiger partial charge is 0.0987 e. The molecule has 1 atom stereocenters. The molecule has 0 aromatic heterocycles. The van der Waals surface area contributed by atoms with Gasteiger partial charge in [0.05, 0.1) is 0 Å². The molecule has 0 spiro atoms. The standard InChI is InChI=1S/C10H21P/c1-3-5-7-9-11-10-8-6-4-2/h7,9,11H,3-6,8,10H2,1-2H3/b9-7+. The zero-order valence-electron chi connectivity index (χ0n) is 7.90. The van der Waals surface area contributed by atoms with Crippen molar-refractivity contribution in [2.45, 2.75) is 46.0 Å². The van der Waals surface area contributed by atoms with E-state index in [0.29, 0.717) is 0 Å². The van der Waals surface area contributed by atoms with Crippen molar-refractivity contribution in [2.24, 2.45) is 0 Å². The van der Waals surface area contributed by atoms with Crippen LogP contribution in [0.15, 0.2) is 11.9 Å². The van der Waals surface area contributed by atoms with Crippen LogP contribution >= 0.6 is 8.58 Å². The van der Waals surface area contributed by atoms with Gasteiger partial charge in [-0.25, -0.2) is 0 Å². The maximum absolute atomic E-state index is 2.36. The fourth-order valence-electron chi connectivity index (χ4n) is 0.894. The lowest BCUT2D eigenvalue weighted by Crippen LogP contribution is -1.73.